The van der Waals surface area contributed by atoms with Crippen molar-refractivity contribution in [2.75, 3.05) is 39.3 Å². The van der Waals surface area contributed by atoms with Gasteiger partial charge in [0.25, 0.3) is 0 Å². The molecule has 1 saturated heterocycles. The molecule has 5 heteroatoms. The van der Waals surface area contributed by atoms with Crippen LogP contribution in [-0.4, -0.2) is 66.7 Å². The van der Waals surface area contributed by atoms with Crippen molar-refractivity contribution in [3.63, 3.8) is 0 Å². The van der Waals surface area contributed by atoms with Crippen LogP contribution in [0, 0.1) is 5.92 Å². The highest BCUT2D eigenvalue weighted by molar-refractivity contribution is 5.81. The molecule has 0 aliphatic carbocycles. The zero-order valence-electron chi connectivity index (χ0n) is 14.1. The molecular formula is C16H32N4O. The van der Waals surface area contributed by atoms with Gasteiger partial charge in [0.2, 0.25) is 0 Å². The van der Waals surface area contributed by atoms with E-state index < -0.39 is 0 Å². The highest BCUT2D eigenvalue weighted by Crippen LogP contribution is 2.36. The van der Waals surface area contributed by atoms with E-state index in [-0.39, 0.29) is 5.54 Å². The fourth-order valence-electron chi connectivity index (χ4n) is 3.53. The summed E-state index contributed by atoms with van der Waals surface area (Å²) in [4.78, 5) is 9.37. The summed E-state index contributed by atoms with van der Waals surface area (Å²) in [7, 11) is 0. The number of hydrogen-bond donors (Lipinski definition) is 1. The summed E-state index contributed by atoms with van der Waals surface area (Å²) >= 11 is 0. The molecule has 5 nitrogen and oxygen atoms in total. The zero-order chi connectivity index (χ0) is 15.5. The SMILES string of the molecule is CCN(CC)CCN1C(N)=NCC12CCOC(C(C)C)C2. The lowest BCUT2D eigenvalue weighted by molar-refractivity contribution is -0.0679. The fourth-order valence-corrected chi connectivity index (χ4v) is 3.53. The molecular weight excluding hydrogens is 264 g/mol. The van der Waals surface area contributed by atoms with Gasteiger partial charge in [0.1, 0.15) is 0 Å². The van der Waals surface area contributed by atoms with Crippen LogP contribution in [0.4, 0.5) is 0 Å². The van der Waals surface area contributed by atoms with E-state index in [9.17, 15) is 0 Å². The Balaban J connectivity index is 2.04. The van der Waals surface area contributed by atoms with Gasteiger partial charge >= 0.3 is 0 Å². The minimum Gasteiger partial charge on any atom is -0.378 e. The van der Waals surface area contributed by atoms with Crippen LogP contribution in [-0.2, 0) is 4.74 Å². The highest BCUT2D eigenvalue weighted by Gasteiger charge is 2.46. The molecule has 0 saturated carbocycles. The van der Waals surface area contributed by atoms with Crippen molar-refractivity contribution in [2.24, 2.45) is 16.6 Å². The standard InChI is InChI=1S/C16H32N4O/c1-5-19(6-2)8-9-20-15(17)18-12-16(20)7-10-21-14(11-16)13(3)4/h13-14H,5-12H2,1-4H3,(H2,17,18). The Bertz CT molecular complexity index is 367. The first-order valence-corrected chi connectivity index (χ1v) is 8.44. The van der Waals surface area contributed by atoms with Gasteiger partial charge in [0, 0.05) is 19.7 Å². The normalized spacial score (nSPS) is 29.7. The van der Waals surface area contributed by atoms with Gasteiger partial charge in [-0.2, -0.15) is 0 Å². The van der Waals surface area contributed by atoms with Crippen molar-refractivity contribution in [3.05, 3.63) is 0 Å². The number of aliphatic imine (C=N–C) groups is 1. The van der Waals surface area contributed by atoms with Crippen LogP contribution in [0.5, 0.6) is 0 Å². The minimum absolute atomic E-state index is 0.102. The van der Waals surface area contributed by atoms with E-state index in [1.54, 1.807) is 0 Å². The lowest BCUT2D eigenvalue weighted by Gasteiger charge is -2.46. The fraction of sp³-hybridized carbons (Fsp3) is 0.938. The number of nitrogens with two attached hydrogens (primary N) is 1. The van der Waals surface area contributed by atoms with E-state index in [1.807, 2.05) is 0 Å². The molecule has 0 radical (unpaired) electrons. The van der Waals surface area contributed by atoms with Crippen molar-refractivity contribution in [1.82, 2.24) is 9.80 Å². The van der Waals surface area contributed by atoms with Crippen LogP contribution in [0.3, 0.4) is 0 Å². The molecule has 1 fully saturated rings. The van der Waals surface area contributed by atoms with Gasteiger partial charge in [0.15, 0.2) is 5.96 Å². The number of rotatable bonds is 6. The second kappa shape index (κ2) is 6.97. The Morgan fingerprint density at radius 2 is 2.14 bits per heavy atom. The third kappa shape index (κ3) is 3.51. The maximum Gasteiger partial charge on any atom is 0.191 e. The number of ether oxygens (including phenoxy) is 1. The van der Waals surface area contributed by atoms with Crippen molar-refractivity contribution in [2.45, 2.75) is 52.2 Å². The molecule has 0 amide bonds. The molecule has 2 N–H and O–H groups in total. The predicted octanol–water partition coefficient (Wildman–Crippen LogP) is 1.53. The summed E-state index contributed by atoms with van der Waals surface area (Å²) in [6, 6.07) is 0. The van der Waals surface area contributed by atoms with Crippen LogP contribution in [0.2, 0.25) is 0 Å². The first-order chi connectivity index (χ1) is 10.0. The Hall–Kier alpha value is -0.810. The third-order valence-corrected chi connectivity index (χ3v) is 5.14. The number of guanidine groups is 1. The third-order valence-electron chi connectivity index (χ3n) is 5.14. The molecule has 0 aromatic rings. The van der Waals surface area contributed by atoms with Gasteiger partial charge < -0.3 is 20.3 Å². The van der Waals surface area contributed by atoms with Crippen molar-refractivity contribution >= 4 is 5.96 Å². The molecule has 0 aromatic heterocycles. The number of nitrogens with zero attached hydrogens (tertiary/aromatic N) is 3. The maximum atomic E-state index is 6.19. The van der Waals surface area contributed by atoms with Crippen molar-refractivity contribution in [3.8, 4) is 0 Å². The largest absolute Gasteiger partial charge is 0.378 e. The molecule has 0 bridgehead atoms. The summed E-state index contributed by atoms with van der Waals surface area (Å²) in [6.45, 7) is 14.8. The Morgan fingerprint density at radius 1 is 1.43 bits per heavy atom. The molecule has 2 atom stereocenters. The molecule has 2 aliphatic heterocycles. The average molecular weight is 296 g/mol. The lowest BCUT2D eigenvalue weighted by Crippen LogP contribution is -2.58. The summed E-state index contributed by atoms with van der Waals surface area (Å²) in [5.74, 6) is 1.28. The monoisotopic (exact) mass is 296 g/mol. The van der Waals surface area contributed by atoms with E-state index in [0.29, 0.717) is 12.0 Å². The molecule has 21 heavy (non-hydrogen) atoms. The van der Waals surface area contributed by atoms with Crippen LogP contribution >= 0.6 is 0 Å². The van der Waals surface area contributed by atoms with Gasteiger partial charge in [-0.3, -0.25) is 4.99 Å². The van der Waals surface area contributed by atoms with Crippen LogP contribution < -0.4 is 5.73 Å². The smallest absolute Gasteiger partial charge is 0.191 e. The Labute approximate surface area is 129 Å². The van der Waals surface area contributed by atoms with Crippen LogP contribution in [0.1, 0.15) is 40.5 Å². The predicted molar refractivity (Wildman–Crippen MR) is 87.5 cm³/mol. The Morgan fingerprint density at radius 3 is 2.76 bits per heavy atom. The van der Waals surface area contributed by atoms with Gasteiger partial charge in [-0.15, -0.1) is 0 Å². The van der Waals surface area contributed by atoms with Gasteiger partial charge in [-0.1, -0.05) is 27.7 Å². The van der Waals surface area contributed by atoms with E-state index in [2.05, 4.69) is 42.5 Å². The minimum atomic E-state index is 0.102. The number of likely N-dealkylation sites (N-methyl/N-ethyl adjacent to an activating group) is 1. The van der Waals surface area contributed by atoms with Crippen molar-refractivity contribution in [1.29, 1.82) is 0 Å². The summed E-state index contributed by atoms with van der Waals surface area (Å²) in [6.07, 6.45) is 2.42. The van der Waals surface area contributed by atoms with E-state index in [4.69, 9.17) is 10.5 Å². The first kappa shape index (κ1) is 16.6. The Kier molecular flexibility index (Phi) is 5.49. The highest BCUT2D eigenvalue weighted by atomic mass is 16.5. The maximum absolute atomic E-state index is 6.19. The molecule has 1 spiro atoms. The summed E-state index contributed by atoms with van der Waals surface area (Å²) in [5.41, 5.74) is 6.29. The quantitative estimate of drug-likeness (QED) is 0.808. The second-order valence-corrected chi connectivity index (χ2v) is 6.68. The molecule has 122 valence electrons. The topological polar surface area (TPSA) is 54.1 Å². The second-order valence-electron chi connectivity index (χ2n) is 6.68. The average Bonchev–Trinajstić information content (AvgIpc) is 2.77. The lowest BCUT2D eigenvalue weighted by atomic mass is 9.82. The molecule has 2 unspecified atom stereocenters. The molecule has 0 aromatic carbocycles. The van der Waals surface area contributed by atoms with Crippen molar-refractivity contribution < 1.29 is 4.74 Å². The van der Waals surface area contributed by atoms with Gasteiger partial charge in [0.05, 0.1) is 18.2 Å². The summed E-state index contributed by atoms with van der Waals surface area (Å²) < 4.78 is 5.95. The molecule has 2 rings (SSSR count). The molecule has 2 heterocycles. The first-order valence-electron chi connectivity index (χ1n) is 8.44. The zero-order valence-corrected chi connectivity index (χ0v) is 14.1. The number of hydrogen-bond acceptors (Lipinski definition) is 5. The van der Waals surface area contributed by atoms with E-state index in [0.717, 1.165) is 58.1 Å². The summed E-state index contributed by atoms with van der Waals surface area (Å²) in [5, 5.41) is 0. The van der Waals surface area contributed by atoms with Gasteiger partial charge in [-0.05, 0) is 31.8 Å². The molecule has 2 aliphatic rings. The van der Waals surface area contributed by atoms with Crippen LogP contribution in [0.25, 0.3) is 0 Å². The van der Waals surface area contributed by atoms with E-state index >= 15 is 0 Å². The van der Waals surface area contributed by atoms with Crippen LogP contribution in [0.15, 0.2) is 4.99 Å². The van der Waals surface area contributed by atoms with Gasteiger partial charge in [-0.25, -0.2) is 0 Å². The van der Waals surface area contributed by atoms with E-state index in [1.165, 1.54) is 0 Å².